The zero-order chi connectivity index (χ0) is 15.7. The summed E-state index contributed by atoms with van der Waals surface area (Å²) in [6.45, 7) is 9.40. The third kappa shape index (κ3) is 3.22. The van der Waals surface area contributed by atoms with Gasteiger partial charge >= 0.3 is 0 Å². The Hall–Kier alpha value is -0.910. The van der Waals surface area contributed by atoms with E-state index in [0.29, 0.717) is 5.56 Å². The fourth-order valence-electron chi connectivity index (χ4n) is 2.05. The van der Waals surface area contributed by atoms with Crippen molar-refractivity contribution < 1.29 is 13.5 Å². The standard InChI is InChI=1S/C15H25NO3S/c1-10(2)13(5)16(6)20(18,19)15-8-14(9-17)7-11(3)12(15)4/h7-8,10,13,17H,9H2,1-6H3. The van der Waals surface area contributed by atoms with Crippen LogP contribution in [0.2, 0.25) is 0 Å². The van der Waals surface area contributed by atoms with Crippen LogP contribution in [0.4, 0.5) is 0 Å². The third-order valence-electron chi connectivity index (χ3n) is 4.06. The van der Waals surface area contributed by atoms with Crippen molar-refractivity contribution in [3.8, 4) is 0 Å². The Morgan fingerprint density at radius 1 is 1.20 bits per heavy atom. The monoisotopic (exact) mass is 299 g/mol. The summed E-state index contributed by atoms with van der Waals surface area (Å²) in [4.78, 5) is 0.288. The van der Waals surface area contributed by atoms with Crippen molar-refractivity contribution in [3.05, 3.63) is 28.8 Å². The minimum absolute atomic E-state index is 0.0857. The van der Waals surface area contributed by atoms with E-state index in [1.54, 1.807) is 20.0 Å². The summed E-state index contributed by atoms with van der Waals surface area (Å²) < 4.78 is 26.9. The fraction of sp³-hybridized carbons (Fsp3) is 0.600. The van der Waals surface area contributed by atoms with E-state index in [2.05, 4.69) is 0 Å². The molecule has 1 unspecified atom stereocenters. The van der Waals surface area contributed by atoms with E-state index in [0.717, 1.165) is 11.1 Å². The Morgan fingerprint density at radius 3 is 2.20 bits per heavy atom. The van der Waals surface area contributed by atoms with E-state index in [9.17, 15) is 13.5 Å². The predicted molar refractivity (Wildman–Crippen MR) is 81.1 cm³/mol. The van der Waals surface area contributed by atoms with Gasteiger partial charge in [0.15, 0.2) is 0 Å². The van der Waals surface area contributed by atoms with E-state index in [1.807, 2.05) is 33.8 Å². The van der Waals surface area contributed by atoms with Gasteiger partial charge in [-0.05, 0) is 49.4 Å². The highest BCUT2D eigenvalue weighted by atomic mass is 32.2. The van der Waals surface area contributed by atoms with Crippen molar-refractivity contribution in [2.45, 2.75) is 52.2 Å². The van der Waals surface area contributed by atoms with E-state index < -0.39 is 10.0 Å². The SMILES string of the molecule is Cc1cc(CO)cc(S(=O)(=O)N(C)C(C)C(C)C)c1C. The van der Waals surface area contributed by atoms with Gasteiger partial charge in [0.25, 0.3) is 0 Å². The van der Waals surface area contributed by atoms with Crippen molar-refractivity contribution in [2.75, 3.05) is 7.05 Å². The van der Waals surface area contributed by atoms with Gasteiger partial charge in [-0.3, -0.25) is 0 Å². The number of sulfonamides is 1. The number of aliphatic hydroxyl groups excluding tert-OH is 1. The summed E-state index contributed by atoms with van der Waals surface area (Å²) in [6, 6.07) is 3.30. The molecular weight excluding hydrogens is 274 g/mol. The Morgan fingerprint density at radius 2 is 1.75 bits per heavy atom. The molecule has 0 saturated heterocycles. The lowest BCUT2D eigenvalue weighted by molar-refractivity contribution is 0.281. The summed E-state index contributed by atoms with van der Waals surface area (Å²) in [5, 5.41) is 9.27. The Balaban J connectivity index is 3.39. The number of hydrogen-bond donors (Lipinski definition) is 1. The fourth-order valence-corrected chi connectivity index (χ4v) is 3.89. The summed E-state index contributed by atoms with van der Waals surface area (Å²) in [5.41, 5.74) is 2.24. The molecule has 0 aliphatic heterocycles. The van der Waals surface area contributed by atoms with Crippen LogP contribution in [0.15, 0.2) is 17.0 Å². The maximum absolute atomic E-state index is 12.8. The van der Waals surface area contributed by atoms with E-state index >= 15 is 0 Å². The largest absolute Gasteiger partial charge is 0.392 e. The molecule has 1 rings (SSSR count). The number of rotatable bonds is 5. The Labute approximate surface area is 122 Å². The van der Waals surface area contributed by atoms with Gasteiger partial charge in [0.05, 0.1) is 11.5 Å². The van der Waals surface area contributed by atoms with Crippen LogP contribution in [0.5, 0.6) is 0 Å². The zero-order valence-electron chi connectivity index (χ0n) is 13.1. The molecule has 0 heterocycles. The van der Waals surface area contributed by atoms with Crippen LogP contribution in [0.25, 0.3) is 0 Å². The Bertz CT molecular complexity index is 579. The highest BCUT2D eigenvalue weighted by Gasteiger charge is 2.29. The lowest BCUT2D eigenvalue weighted by Gasteiger charge is -2.28. The minimum atomic E-state index is -3.55. The molecule has 1 aromatic carbocycles. The molecule has 0 bridgehead atoms. The van der Waals surface area contributed by atoms with Crippen LogP contribution in [-0.4, -0.2) is 30.9 Å². The molecule has 20 heavy (non-hydrogen) atoms. The first-order valence-electron chi connectivity index (χ1n) is 6.82. The van der Waals surface area contributed by atoms with Crippen molar-refractivity contribution in [1.29, 1.82) is 0 Å². The summed E-state index contributed by atoms with van der Waals surface area (Å²) in [6.07, 6.45) is 0. The normalized spacial score (nSPS) is 14.1. The second kappa shape index (κ2) is 6.24. The van der Waals surface area contributed by atoms with Crippen LogP contribution in [-0.2, 0) is 16.6 Å². The van der Waals surface area contributed by atoms with Crippen molar-refractivity contribution in [3.63, 3.8) is 0 Å². The predicted octanol–water partition coefficient (Wildman–Crippen LogP) is 2.46. The average molecular weight is 299 g/mol. The minimum Gasteiger partial charge on any atom is -0.392 e. The topological polar surface area (TPSA) is 57.6 Å². The van der Waals surface area contributed by atoms with Gasteiger partial charge < -0.3 is 5.11 Å². The third-order valence-corrected chi connectivity index (χ3v) is 6.13. The molecule has 0 aliphatic rings. The van der Waals surface area contributed by atoms with Gasteiger partial charge in [-0.15, -0.1) is 0 Å². The highest BCUT2D eigenvalue weighted by molar-refractivity contribution is 7.89. The first kappa shape index (κ1) is 17.1. The molecule has 0 radical (unpaired) electrons. The highest BCUT2D eigenvalue weighted by Crippen LogP contribution is 2.26. The molecule has 1 N–H and O–H groups in total. The van der Waals surface area contributed by atoms with E-state index in [-0.39, 0.29) is 23.5 Å². The molecule has 5 heteroatoms. The maximum Gasteiger partial charge on any atom is 0.243 e. The first-order chi connectivity index (χ1) is 9.12. The number of aryl methyl sites for hydroxylation is 1. The van der Waals surface area contributed by atoms with Crippen molar-refractivity contribution in [2.24, 2.45) is 5.92 Å². The molecule has 0 amide bonds. The zero-order valence-corrected chi connectivity index (χ0v) is 14.0. The van der Waals surface area contributed by atoms with E-state index in [1.165, 1.54) is 4.31 Å². The average Bonchev–Trinajstić information content (AvgIpc) is 2.39. The summed E-state index contributed by atoms with van der Waals surface area (Å²) in [5.74, 6) is 0.234. The molecule has 0 spiro atoms. The van der Waals surface area contributed by atoms with Crippen LogP contribution < -0.4 is 0 Å². The van der Waals surface area contributed by atoms with Gasteiger partial charge in [0, 0.05) is 13.1 Å². The number of benzene rings is 1. The van der Waals surface area contributed by atoms with E-state index in [4.69, 9.17) is 0 Å². The number of aliphatic hydroxyl groups is 1. The van der Waals surface area contributed by atoms with Crippen molar-refractivity contribution >= 4 is 10.0 Å². The molecule has 4 nitrogen and oxygen atoms in total. The lowest BCUT2D eigenvalue weighted by Crippen LogP contribution is -2.38. The number of nitrogens with zero attached hydrogens (tertiary/aromatic N) is 1. The molecule has 0 fully saturated rings. The van der Waals surface area contributed by atoms with Gasteiger partial charge in [-0.1, -0.05) is 19.9 Å². The molecule has 114 valence electrons. The van der Waals surface area contributed by atoms with Crippen LogP contribution in [0.3, 0.4) is 0 Å². The second-order valence-corrected chi connectivity index (χ2v) is 7.67. The second-order valence-electron chi connectivity index (χ2n) is 5.70. The maximum atomic E-state index is 12.8. The van der Waals surface area contributed by atoms with Gasteiger partial charge in [0.1, 0.15) is 0 Å². The van der Waals surface area contributed by atoms with Gasteiger partial charge in [-0.2, -0.15) is 4.31 Å². The molecule has 0 aliphatic carbocycles. The summed E-state index contributed by atoms with van der Waals surface area (Å²) >= 11 is 0. The smallest absolute Gasteiger partial charge is 0.243 e. The quantitative estimate of drug-likeness (QED) is 0.908. The van der Waals surface area contributed by atoms with Crippen molar-refractivity contribution in [1.82, 2.24) is 4.31 Å². The van der Waals surface area contributed by atoms with Crippen LogP contribution in [0.1, 0.15) is 37.5 Å². The molecular formula is C15H25NO3S. The van der Waals surface area contributed by atoms with Crippen LogP contribution in [0, 0.1) is 19.8 Å². The lowest BCUT2D eigenvalue weighted by atomic mass is 10.1. The first-order valence-corrected chi connectivity index (χ1v) is 8.26. The summed E-state index contributed by atoms with van der Waals surface area (Å²) in [7, 11) is -1.94. The van der Waals surface area contributed by atoms with Crippen LogP contribution >= 0.6 is 0 Å². The molecule has 0 aromatic heterocycles. The molecule has 0 saturated carbocycles. The molecule has 1 aromatic rings. The van der Waals surface area contributed by atoms with Gasteiger partial charge in [-0.25, -0.2) is 8.42 Å². The number of hydrogen-bond acceptors (Lipinski definition) is 3. The Kier molecular flexibility index (Phi) is 5.35. The van der Waals surface area contributed by atoms with Gasteiger partial charge in [0.2, 0.25) is 10.0 Å². The molecule has 1 atom stereocenters.